The van der Waals surface area contributed by atoms with Gasteiger partial charge in [0.2, 0.25) is 16.8 Å². The summed E-state index contributed by atoms with van der Waals surface area (Å²) in [7, 11) is -3.70. The Kier molecular flexibility index (Phi) is 4.61. The van der Waals surface area contributed by atoms with Gasteiger partial charge >= 0.3 is 0 Å². The molecular formula is C20H23NO5S. The van der Waals surface area contributed by atoms with E-state index in [4.69, 9.17) is 14.2 Å². The average Bonchev–Trinajstić information content (AvgIpc) is 3.11. The molecule has 1 fully saturated rings. The molecular weight excluding hydrogens is 366 g/mol. The second-order valence-electron chi connectivity index (χ2n) is 7.49. The molecule has 2 aliphatic heterocycles. The predicted octanol–water partition coefficient (Wildman–Crippen LogP) is 2.83. The molecule has 27 heavy (non-hydrogen) atoms. The largest absolute Gasteiger partial charge is 0.454 e. The van der Waals surface area contributed by atoms with Crippen LogP contribution in [0.2, 0.25) is 0 Å². The van der Waals surface area contributed by atoms with Gasteiger partial charge in [-0.15, -0.1) is 0 Å². The summed E-state index contributed by atoms with van der Waals surface area (Å²) >= 11 is 0. The van der Waals surface area contributed by atoms with E-state index in [-0.39, 0.29) is 17.8 Å². The highest BCUT2D eigenvalue weighted by atomic mass is 32.2. The Hall–Kier alpha value is -2.09. The van der Waals surface area contributed by atoms with E-state index in [1.807, 2.05) is 44.2 Å². The minimum absolute atomic E-state index is 0.112. The lowest BCUT2D eigenvalue weighted by molar-refractivity contribution is -0.0629. The normalized spacial score (nSPS) is 21.9. The van der Waals surface area contributed by atoms with Gasteiger partial charge in [0.25, 0.3) is 0 Å². The van der Waals surface area contributed by atoms with Crippen LogP contribution in [0.3, 0.4) is 0 Å². The molecule has 7 heteroatoms. The first-order chi connectivity index (χ1) is 12.9. The Morgan fingerprint density at radius 2 is 1.81 bits per heavy atom. The number of sulfonamides is 1. The number of morpholine rings is 1. The number of ether oxygens (including phenoxy) is 3. The fourth-order valence-corrected chi connectivity index (χ4v) is 5.28. The first-order valence-corrected chi connectivity index (χ1v) is 10.4. The van der Waals surface area contributed by atoms with Gasteiger partial charge in [0.1, 0.15) is 0 Å². The van der Waals surface area contributed by atoms with Crippen molar-refractivity contribution in [3.8, 4) is 11.5 Å². The van der Waals surface area contributed by atoms with Crippen molar-refractivity contribution in [3.05, 3.63) is 54.1 Å². The van der Waals surface area contributed by atoms with Crippen LogP contribution in [-0.4, -0.2) is 44.3 Å². The first kappa shape index (κ1) is 18.3. The summed E-state index contributed by atoms with van der Waals surface area (Å²) in [6.45, 7) is 4.53. The van der Waals surface area contributed by atoms with E-state index in [9.17, 15) is 8.42 Å². The molecule has 0 N–H and O–H groups in total. The van der Waals surface area contributed by atoms with Crippen molar-refractivity contribution in [1.82, 2.24) is 4.31 Å². The average molecular weight is 389 g/mol. The minimum Gasteiger partial charge on any atom is -0.454 e. The molecule has 2 aliphatic rings. The minimum atomic E-state index is -3.70. The Bertz CT molecular complexity index is 927. The summed E-state index contributed by atoms with van der Waals surface area (Å²) in [4.78, 5) is 0.209. The summed E-state index contributed by atoms with van der Waals surface area (Å²) < 4.78 is 44.9. The molecule has 0 aliphatic carbocycles. The molecule has 2 heterocycles. The maximum atomic E-state index is 13.4. The zero-order chi connectivity index (χ0) is 19.1. The van der Waals surface area contributed by atoms with E-state index in [1.165, 1.54) is 6.07 Å². The molecule has 0 radical (unpaired) electrons. The second kappa shape index (κ2) is 6.82. The van der Waals surface area contributed by atoms with Crippen LogP contribution in [0.25, 0.3) is 0 Å². The van der Waals surface area contributed by atoms with Crippen molar-refractivity contribution in [2.45, 2.75) is 36.8 Å². The Morgan fingerprint density at radius 3 is 2.59 bits per heavy atom. The van der Waals surface area contributed by atoms with Gasteiger partial charge in [-0.3, -0.25) is 0 Å². The molecule has 1 saturated heterocycles. The molecule has 1 atom stereocenters. The van der Waals surface area contributed by atoms with Crippen molar-refractivity contribution < 1.29 is 22.6 Å². The van der Waals surface area contributed by atoms with Crippen molar-refractivity contribution >= 4 is 10.0 Å². The molecule has 0 aromatic heterocycles. The van der Waals surface area contributed by atoms with Gasteiger partial charge in [0.15, 0.2) is 11.5 Å². The fraction of sp³-hybridized carbons (Fsp3) is 0.400. The van der Waals surface area contributed by atoms with E-state index in [0.29, 0.717) is 31.1 Å². The lowest BCUT2D eigenvalue weighted by atomic mass is 10.0. The standard InChI is InChI=1S/C20H23NO5S/c1-20(2)13-24-16(10-15-6-4-3-5-7-15)12-21(20)27(22,23)17-8-9-18-19(11-17)26-14-25-18/h3-9,11,16H,10,12-14H2,1-2H3. The van der Waals surface area contributed by atoms with Crippen LogP contribution in [0.1, 0.15) is 19.4 Å². The lowest BCUT2D eigenvalue weighted by Gasteiger charge is -2.44. The lowest BCUT2D eigenvalue weighted by Crippen LogP contribution is -2.58. The zero-order valence-corrected chi connectivity index (χ0v) is 16.2. The molecule has 144 valence electrons. The van der Waals surface area contributed by atoms with Crippen LogP contribution < -0.4 is 9.47 Å². The Labute approximate surface area is 159 Å². The van der Waals surface area contributed by atoms with Crippen molar-refractivity contribution in [1.29, 1.82) is 0 Å². The highest BCUT2D eigenvalue weighted by Gasteiger charge is 2.43. The third-order valence-electron chi connectivity index (χ3n) is 4.96. The number of hydrogen-bond acceptors (Lipinski definition) is 5. The molecule has 2 aromatic carbocycles. The number of benzene rings is 2. The summed E-state index contributed by atoms with van der Waals surface area (Å²) in [5.41, 5.74) is 0.491. The van der Waals surface area contributed by atoms with Crippen molar-refractivity contribution in [2.24, 2.45) is 0 Å². The number of hydrogen-bond donors (Lipinski definition) is 0. The van der Waals surface area contributed by atoms with Crippen LogP contribution >= 0.6 is 0 Å². The van der Waals surface area contributed by atoms with Crippen molar-refractivity contribution in [3.63, 3.8) is 0 Å². The number of rotatable bonds is 4. The van der Waals surface area contributed by atoms with Gasteiger partial charge in [-0.05, 0) is 38.0 Å². The summed E-state index contributed by atoms with van der Waals surface area (Å²) in [6, 6.07) is 14.7. The van der Waals surface area contributed by atoms with Crippen molar-refractivity contribution in [2.75, 3.05) is 19.9 Å². The highest BCUT2D eigenvalue weighted by Crippen LogP contribution is 2.37. The fourth-order valence-electron chi connectivity index (χ4n) is 3.47. The maximum Gasteiger partial charge on any atom is 0.243 e. The Morgan fingerprint density at radius 1 is 1.07 bits per heavy atom. The van der Waals surface area contributed by atoms with Crippen LogP contribution in [0.4, 0.5) is 0 Å². The summed E-state index contributed by atoms with van der Waals surface area (Å²) in [5.74, 6) is 1.03. The van der Waals surface area contributed by atoms with E-state index >= 15 is 0 Å². The molecule has 1 unspecified atom stereocenters. The van der Waals surface area contributed by atoms with Gasteiger partial charge < -0.3 is 14.2 Å². The molecule has 6 nitrogen and oxygen atoms in total. The van der Waals surface area contributed by atoms with Gasteiger partial charge in [-0.25, -0.2) is 8.42 Å². The first-order valence-electron chi connectivity index (χ1n) is 8.94. The SMILES string of the molecule is CC1(C)COC(Cc2ccccc2)CN1S(=O)(=O)c1ccc2c(c1)OCO2. The topological polar surface area (TPSA) is 65.1 Å². The van der Waals surface area contributed by atoms with Gasteiger partial charge in [-0.2, -0.15) is 4.31 Å². The summed E-state index contributed by atoms with van der Waals surface area (Å²) in [6.07, 6.45) is 0.480. The highest BCUT2D eigenvalue weighted by molar-refractivity contribution is 7.89. The molecule has 0 saturated carbocycles. The second-order valence-corrected chi connectivity index (χ2v) is 9.35. The predicted molar refractivity (Wildman–Crippen MR) is 100 cm³/mol. The monoisotopic (exact) mass is 389 g/mol. The number of nitrogens with zero attached hydrogens (tertiary/aromatic N) is 1. The number of fused-ring (bicyclic) bond motifs is 1. The van der Waals surface area contributed by atoms with E-state index in [2.05, 4.69) is 0 Å². The third kappa shape index (κ3) is 3.54. The molecule has 4 rings (SSSR count). The molecule has 0 bridgehead atoms. The quantitative estimate of drug-likeness (QED) is 0.805. The van der Waals surface area contributed by atoms with E-state index in [0.717, 1.165) is 5.56 Å². The molecule has 0 amide bonds. The van der Waals surface area contributed by atoms with Crippen LogP contribution in [-0.2, 0) is 21.2 Å². The van der Waals surface area contributed by atoms with Crippen LogP contribution in [0.15, 0.2) is 53.4 Å². The smallest absolute Gasteiger partial charge is 0.243 e. The van der Waals surface area contributed by atoms with Gasteiger partial charge in [-0.1, -0.05) is 30.3 Å². The summed E-state index contributed by atoms with van der Waals surface area (Å²) in [5, 5.41) is 0. The Balaban J connectivity index is 1.60. The van der Waals surface area contributed by atoms with Gasteiger partial charge in [0.05, 0.1) is 23.1 Å². The van der Waals surface area contributed by atoms with E-state index in [1.54, 1.807) is 16.4 Å². The van der Waals surface area contributed by atoms with Crippen LogP contribution in [0, 0.1) is 0 Å². The van der Waals surface area contributed by atoms with Gasteiger partial charge in [0, 0.05) is 12.6 Å². The third-order valence-corrected chi connectivity index (χ3v) is 7.03. The van der Waals surface area contributed by atoms with E-state index < -0.39 is 15.6 Å². The molecule has 2 aromatic rings. The van der Waals surface area contributed by atoms with Crippen LogP contribution in [0.5, 0.6) is 11.5 Å². The molecule has 0 spiro atoms. The zero-order valence-electron chi connectivity index (χ0n) is 15.4. The maximum absolute atomic E-state index is 13.4.